The lowest BCUT2D eigenvalue weighted by Gasteiger charge is -2.12. The molecule has 0 fully saturated rings. The van der Waals surface area contributed by atoms with Crippen LogP contribution in [0.1, 0.15) is 11.9 Å². The average Bonchev–Trinajstić information content (AvgIpc) is 2.57. The molecular formula is C11H15N3S. The van der Waals surface area contributed by atoms with Gasteiger partial charge in [0, 0.05) is 18.3 Å². The molecule has 0 aliphatic rings. The Morgan fingerprint density at radius 2 is 2.33 bits per heavy atom. The molecule has 0 bridgehead atoms. The van der Waals surface area contributed by atoms with Crippen LogP contribution < -0.4 is 11.1 Å². The highest BCUT2D eigenvalue weighted by molar-refractivity contribution is 7.18. The fraction of sp³-hybridized carbons (Fsp3) is 0.364. The van der Waals surface area contributed by atoms with Gasteiger partial charge in [-0.3, -0.25) is 0 Å². The van der Waals surface area contributed by atoms with Crippen LogP contribution in [-0.4, -0.2) is 17.6 Å². The zero-order valence-electron chi connectivity index (χ0n) is 8.95. The first kappa shape index (κ1) is 10.4. The second-order valence-electron chi connectivity index (χ2n) is 3.70. The molecule has 0 amide bonds. The Hall–Kier alpha value is -1.13. The second kappa shape index (κ2) is 4.16. The molecule has 3 N–H and O–H groups in total. The maximum atomic E-state index is 5.56. The molecule has 1 aromatic carbocycles. The van der Waals surface area contributed by atoms with E-state index < -0.39 is 0 Å². The van der Waals surface area contributed by atoms with Crippen molar-refractivity contribution in [3.8, 4) is 0 Å². The monoisotopic (exact) mass is 221 g/mol. The average molecular weight is 221 g/mol. The van der Waals surface area contributed by atoms with E-state index in [0.29, 0.717) is 12.6 Å². The number of aryl methyl sites for hydroxylation is 1. The zero-order valence-corrected chi connectivity index (χ0v) is 9.77. The lowest BCUT2D eigenvalue weighted by atomic mass is 10.2. The summed E-state index contributed by atoms with van der Waals surface area (Å²) in [6, 6.07) is 6.53. The summed E-state index contributed by atoms with van der Waals surface area (Å²) < 4.78 is 1.22. The number of anilines is 1. The second-order valence-corrected chi connectivity index (χ2v) is 4.93. The quantitative estimate of drug-likeness (QED) is 0.836. The van der Waals surface area contributed by atoms with Gasteiger partial charge >= 0.3 is 0 Å². The SMILES string of the molecule is Cc1nc2ccc(NC(C)CN)cc2s1. The molecule has 0 spiro atoms. The van der Waals surface area contributed by atoms with Gasteiger partial charge in [-0.05, 0) is 32.0 Å². The van der Waals surface area contributed by atoms with Crippen molar-refractivity contribution in [1.82, 2.24) is 4.98 Å². The van der Waals surface area contributed by atoms with Crippen molar-refractivity contribution in [2.45, 2.75) is 19.9 Å². The van der Waals surface area contributed by atoms with Crippen molar-refractivity contribution in [3.05, 3.63) is 23.2 Å². The van der Waals surface area contributed by atoms with Crippen molar-refractivity contribution in [3.63, 3.8) is 0 Å². The normalized spacial score (nSPS) is 13.0. The Labute approximate surface area is 93.3 Å². The van der Waals surface area contributed by atoms with Crippen LogP contribution in [0, 0.1) is 6.92 Å². The third kappa shape index (κ3) is 2.27. The number of nitrogens with one attached hydrogen (secondary N) is 1. The first-order chi connectivity index (χ1) is 7.19. The lowest BCUT2D eigenvalue weighted by molar-refractivity contribution is 0.804. The Bertz CT molecular complexity index is 464. The van der Waals surface area contributed by atoms with Crippen LogP contribution in [0.5, 0.6) is 0 Å². The smallest absolute Gasteiger partial charge is 0.0907 e. The van der Waals surface area contributed by atoms with Crippen LogP contribution >= 0.6 is 11.3 Å². The summed E-state index contributed by atoms with van der Waals surface area (Å²) in [4.78, 5) is 4.42. The van der Waals surface area contributed by atoms with E-state index in [4.69, 9.17) is 5.73 Å². The minimum atomic E-state index is 0.302. The molecular weight excluding hydrogens is 206 g/mol. The summed E-state index contributed by atoms with van der Waals surface area (Å²) >= 11 is 1.72. The molecule has 1 unspecified atom stereocenters. The van der Waals surface area contributed by atoms with Gasteiger partial charge < -0.3 is 11.1 Å². The van der Waals surface area contributed by atoms with E-state index >= 15 is 0 Å². The summed E-state index contributed by atoms with van der Waals surface area (Å²) in [5.41, 5.74) is 7.75. The van der Waals surface area contributed by atoms with Crippen molar-refractivity contribution >= 4 is 27.2 Å². The Kier molecular flexibility index (Phi) is 2.88. The fourth-order valence-electron chi connectivity index (χ4n) is 1.47. The number of benzene rings is 1. The molecule has 2 rings (SSSR count). The third-order valence-corrected chi connectivity index (χ3v) is 3.20. The van der Waals surface area contributed by atoms with Crippen molar-refractivity contribution in [1.29, 1.82) is 0 Å². The summed E-state index contributed by atoms with van der Waals surface area (Å²) in [5.74, 6) is 0. The molecule has 3 nitrogen and oxygen atoms in total. The molecule has 0 saturated heterocycles. The molecule has 1 heterocycles. The summed E-state index contributed by atoms with van der Waals surface area (Å²) in [6.45, 7) is 4.74. The predicted octanol–water partition coefficient (Wildman–Crippen LogP) is 2.36. The first-order valence-corrected chi connectivity index (χ1v) is 5.84. The number of nitrogens with zero attached hydrogens (tertiary/aromatic N) is 1. The van der Waals surface area contributed by atoms with E-state index in [0.717, 1.165) is 16.2 Å². The third-order valence-electron chi connectivity index (χ3n) is 2.26. The maximum Gasteiger partial charge on any atom is 0.0907 e. The molecule has 0 radical (unpaired) electrons. The van der Waals surface area contributed by atoms with Gasteiger partial charge in [0.15, 0.2) is 0 Å². The molecule has 4 heteroatoms. The van der Waals surface area contributed by atoms with E-state index in [2.05, 4.69) is 23.3 Å². The van der Waals surface area contributed by atoms with Crippen LogP contribution in [0.4, 0.5) is 5.69 Å². The van der Waals surface area contributed by atoms with Crippen molar-refractivity contribution < 1.29 is 0 Å². The highest BCUT2D eigenvalue weighted by Crippen LogP contribution is 2.24. The van der Waals surface area contributed by atoms with Crippen LogP contribution in [0.2, 0.25) is 0 Å². The van der Waals surface area contributed by atoms with Crippen molar-refractivity contribution in [2.24, 2.45) is 5.73 Å². The Morgan fingerprint density at radius 3 is 3.07 bits per heavy atom. The molecule has 80 valence electrons. The van der Waals surface area contributed by atoms with Crippen LogP contribution in [0.3, 0.4) is 0 Å². The highest BCUT2D eigenvalue weighted by atomic mass is 32.1. The Morgan fingerprint density at radius 1 is 1.53 bits per heavy atom. The molecule has 0 aliphatic carbocycles. The first-order valence-electron chi connectivity index (χ1n) is 5.03. The van der Waals surface area contributed by atoms with E-state index in [1.54, 1.807) is 11.3 Å². The van der Waals surface area contributed by atoms with Gasteiger partial charge in [0.25, 0.3) is 0 Å². The number of hydrogen-bond acceptors (Lipinski definition) is 4. The van der Waals surface area contributed by atoms with Crippen molar-refractivity contribution in [2.75, 3.05) is 11.9 Å². The highest BCUT2D eigenvalue weighted by Gasteiger charge is 2.03. The van der Waals surface area contributed by atoms with E-state index in [1.165, 1.54) is 4.70 Å². The predicted molar refractivity (Wildman–Crippen MR) is 66.5 cm³/mol. The lowest BCUT2D eigenvalue weighted by Crippen LogP contribution is -2.24. The molecule has 2 aromatic rings. The van der Waals surface area contributed by atoms with E-state index in [-0.39, 0.29) is 0 Å². The number of hydrogen-bond donors (Lipinski definition) is 2. The molecule has 1 atom stereocenters. The van der Waals surface area contributed by atoms with Crippen LogP contribution in [-0.2, 0) is 0 Å². The van der Waals surface area contributed by atoms with Gasteiger partial charge in [-0.1, -0.05) is 0 Å². The minimum Gasteiger partial charge on any atom is -0.381 e. The number of thiazole rings is 1. The van der Waals surface area contributed by atoms with E-state index in [1.807, 2.05) is 19.1 Å². The van der Waals surface area contributed by atoms with E-state index in [9.17, 15) is 0 Å². The molecule has 0 aliphatic heterocycles. The molecule has 0 saturated carbocycles. The topological polar surface area (TPSA) is 50.9 Å². The summed E-state index contributed by atoms with van der Waals surface area (Å²) in [6.07, 6.45) is 0. The molecule has 15 heavy (non-hydrogen) atoms. The number of nitrogens with two attached hydrogens (primary N) is 1. The Balaban J connectivity index is 2.30. The van der Waals surface area contributed by atoms with Gasteiger partial charge in [-0.2, -0.15) is 0 Å². The fourth-order valence-corrected chi connectivity index (χ4v) is 2.34. The van der Waals surface area contributed by atoms with Gasteiger partial charge in [0.1, 0.15) is 0 Å². The largest absolute Gasteiger partial charge is 0.381 e. The van der Waals surface area contributed by atoms with Gasteiger partial charge in [-0.25, -0.2) is 4.98 Å². The number of fused-ring (bicyclic) bond motifs is 1. The zero-order chi connectivity index (χ0) is 10.8. The van der Waals surface area contributed by atoms with Gasteiger partial charge in [-0.15, -0.1) is 11.3 Å². The molecule has 1 aromatic heterocycles. The van der Waals surface area contributed by atoms with Gasteiger partial charge in [0.05, 0.1) is 15.2 Å². The summed E-state index contributed by atoms with van der Waals surface area (Å²) in [7, 11) is 0. The van der Waals surface area contributed by atoms with Crippen LogP contribution in [0.15, 0.2) is 18.2 Å². The maximum absolute atomic E-state index is 5.56. The van der Waals surface area contributed by atoms with Gasteiger partial charge in [0.2, 0.25) is 0 Å². The number of aromatic nitrogens is 1. The minimum absolute atomic E-state index is 0.302. The number of rotatable bonds is 3. The van der Waals surface area contributed by atoms with Crippen LogP contribution in [0.25, 0.3) is 10.2 Å². The summed E-state index contributed by atoms with van der Waals surface area (Å²) in [5, 5.41) is 4.45. The standard InChI is InChI=1S/C11H15N3S/c1-7(6-12)13-9-3-4-10-11(5-9)15-8(2)14-10/h3-5,7,13H,6,12H2,1-2H3.